The lowest BCUT2D eigenvalue weighted by Crippen LogP contribution is -2.34. The molecule has 1 saturated heterocycles. The van der Waals surface area contributed by atoms with Gasteiger partial charge >= 0.3 is 5.97 Å². The summed E-state index contributed by atoms with van der Waals surface area (Å²) in [5.41, 5.74) is 0.623. The number of hydrogen-bond acceptors (Lipinski definition) is 2. The van der Waals surface area contributed by atoms with Crippen LogP contribution in [0.5, 0.6) is 0 Å². The molecule has 5 heteroatoms. The second kappa shape index (κ2) is 6.91. The summed E-state index contributed by atoms with van der Waals surface area (Å²) in [6, 6.07) is 6.62. The highest BCUT2D eigenvalue weighted by molar-refractivity contribution is 5.80. The monoisotopic (exact) mass is 333 g/mol. The van der Waals surface area contributed by atoms with Crippen LogP contribution in [0.1, 0.15) is 31.7 Å². The Bertz CT molecular complexity index is 629. The number of likely N-dealkylation sites (tertiary alicyclic amines) is 1. The van der Waals surface area contributed by atoms with E-state index in [4.69, 9.17) is 0 Å². The largest absolute Gasteiger partial charge is 0.481 e. The molecule has 130 valence electrons. The van der Waals surface area contributed by atoms with Gasteiger partial charge in [0.15, 0.2) is 0 Å². The van der Waals surface area contributed by atoms with Crippen LogP contribution in [0, 0.1) is 29.5 Å². The molecule has 1 saturated carbocycles. The first-order valence-corrected chi connectivity index (χ1v) is 8.72. The highest BCUT2D eigenvalue weighted by Crippen LogP contribution is 2.44. The highest BCUT2D eigenvalue weighted by atomic mass is 19.1. The number of aryl methyl sites for hydroxylation is 1. The van der Waals surface area contributed by atoms with Crippen molar-refractivity contribution in [2.75, 3.05) is 13.1 Å². The van der Waals surface area contributed by atoms with Crippen molar-refractivity contribution in [2.45, 2.75) is 32.6 Å². The Hall–Kier alpha value is -1.91. The van der Waals surface area contributed by atoms with E-state index in [0.29, 0.717) is 37.4 Å². The standard InChI is InChI=1S/C19H24FNO3/c1-12(6-7-14-4-2-3-5-17(14)20)18(22)21-10-15(13-8-9-13)16(11-21)19(23)24/h2-5,12-13,15-16H,6-11H2,1H3,(H,23,24)/t12?,15-,16+/m1/s1. The van der Waals surface area contributed by atoms with Gasteiger partial charge < -0.3 is 10.0 Å². The molecule has 0 bridgehead atoms. The maximum Gasteiger partial charge on any atom is 0.308 e. The van der Waals surface area contributed by atoms with Gasteiger partial charge in [0.1, 0.15) is 5.82 Å². The maximum atomic E-state index is 13.7. The van der Waals surface area contributed by atoms with Crippen LogP contribution in [0.25, 0.3) is 0 Å². The van der Waals surface area contributed by atoms with Gasteiger partial charge in [-0.25, -0.2) is 4.39 Å². The van der Waals surface area contributed by atoms with E-state index in [1.807, 2.05) is 6.92 Å². The second-order valence-electron chi connectivity index (χ2n) is 7.22. The molecular formula is C19H24FNO3. The van der Waals surface area contributed by atoms with Crippen molar-refractivity contribution in [2.24, 2.45) is 23.7 Å². The molecule has 1 aliphatic heterocycles. The number of aliphatic carboxylic acids is 1. The molecule has 3 rings (SSSR count). The number of halogens is 1. The quantitative estimate of drug-likeness (QED) is 0.871. The Morgan fingerprint density at radius 1 is 1.29 bits per heavy atom. The number of rotatable bonds is 6. The number of carboxylic acid groups (broad SMARTS) is 1. The van der Waals surface area contributed by atoms with Gasteiger partial charge in [0, 0.05) is 19.0 Å². The average Bonchev–Trinajstić information content (AvgIpc) is 3.31. The van der Waals surface area contributed by atoms with E-state index in [9.17, 15) is 19.1 Å². The number of carboxylic acids is 1. The Kier molecular flexibility index (Phi) is 4.88. The molecule has 1 amide bonds. The summed E-state index contributed by atoms with van der Waals surface area (Å²) < 4.78 is 13.7. The third-order valence-corrected chi connectivity index (χ3v) is 5.45. The van der Waals surface area contributed by atoms with E-state index in [0.717, 1.165) is 12.8 Å². The SMILES string of the molecule is CC(CCc1ccccc1F)C(=O)N1C[C@H](C(=O)O)[C@@H](C2CC2)C1. The molecule has 0 aromatic heterocycles. The molecule has 1 N–H and O–H groups in total. The van der Waals surface area contributed by atoms with E-state index in [-0.39, 0.29) is 23.6 Å². The van der Waals surface area contributed by atoms with Crippen molar-refractivity contribution < 1.29 is 19.1 Å². The number of nitrogens with zero attached hydrogens (tertiary/aromatic N) is 1. The molecule has 24 heavy (non-hydrogen) atoms. The lowest BCUT2D eigenvalue weighted by Gasteiger charge is -2.21. The van der Waals surface area contributed by atoms with Crippen molar-refractivity contribution >= 4 is 11.9 Å². The van der Waals surface area contributed by atoms with Gasteiger partial charge in [-0.2, -0.15) is 0 Å². The topological polar surface area (TPSA) is 57.6 Å². The first kappa shape index (κ1) is 16.9. The van der Waals surface area contributed by atoms with Gasteiger partial charge in [-0.15, -0.1) is 0 Å². The third-order valence-electron chi connectivity index (χ3n) is 5.45. The minimum absolute atomic E-state index is 0.000685. The molecule has 1 aromatic carbocycles. The lowest BCUT2D eigenvalue weighted by molar-refractivity contribution is -0.143. The van der Waals surface area contributed by atoms with Crippen LogP contribution in [0.2, 0.25) is 0 Å². The summed E-state index contributed by atoms with van der Waals surface area (Å²) >= 11 is 0. The fraction of sp³-hybridized carbons (Fsp3) is 0.579. The van der Waals surface area contributed by atoms with Crippen LogP contribution in [-0.4, -0.2) is 35.0 Å². The Labute approximate surface area is 141 Å². The van der Waals surface area contributed by atoms with Crippen molar-refractivity contribution in [3.05, 3.63) is 35.6 Å². The Morgan fingerprint density at radius 3 is 2.62 bits per heavy atom. The van der Waals surface area contributed by atoms with E-state index in [1.54, 1.807) is 23.1 Å². The summed E-state index contributed by atoms with van der Waals surface area (Å²) in [5.74, 6) is -1.11. The predicted molar refractivity (Wildman–Crippen MR) is 87.8 cm³/mol. The van der Waals surface area contributed by atoms with Gasteiger partial charge in [0.05, 0.1) is 5.92 Å². The van der Waals surface area contributed by atoms with Crippen LogP contribution in [-0.2, 0) is 16.0 Å². The normalized spacial score (nSPS) is 24.8. The second-order valence-corrected chi connectivity index (χ2v) is 7.22. The summed E-state index contributed by atoms with van der Waals surface area (Å²) in [7, 11) is 0. The predicted octanol–water partition coefficient (Wildman–Crippen LogP) is 2.96. The van der Waals surface area contributed by atoms with Crippen LogP contribution in [0.15, 0.2) is 24.3 Å². The van der Waals surface area contributed by atoms with Crippen molar-refractivity contribution in [3.63, 3.8) is 0 Å². The fourth-order valence-corrected chi connectivity index (χ4v) is 3.78. The molecule has 1 aliphatic carbocycles. The molecule has 1 unspecified atom stereocenters. The maximum absolute atomic E-state index is 13.7. The molecule has 1 heterocycles. The van der Waals surface area contributed by atoms with Crippen LogP contribution >= 0.6 is 0 Å². The van der Waals surface area contributed by atoms with Gasteiger partial charge in [0.25, 0.3) is 0 Å². The molecule has 3 atom stereocenters. The minimum atomic E-state index is -0.791. The molecule has 0 spiro atoms. The summed E-state index contributed by atoms with van der Waals surface area (Å²) in [6.45, 7) is 2.73. The van der Waals surface area contributed by atoms with Crippen LogP contribution < -0.4 is 0 Å². The minimum Gasteiger partial charge on any atom is -0.481 e. The highest BCUT2D eigenvalue weighted by Gasteiger charge is 2.47. The lowest BCUT2D eigenvalue weighted by atomic mass is 9.92. The third kappa shape index (κ3) is 3.60. The van der Waals surface area contributed by atoms with E-state index in [1.165, 1.54) is 6.07 Å². The molecule has 1 aromatic rings. The van der Waals surface area contributed by atoms with E-state index in [2.05, 4.69) is 0 Å². The Morgan fingerprint density at radius 2 is 2.00 bits per heavy atom. The first-order chi connectivity index (χ1) is 11.5. The number of carbonyl (C=O) groups is 2. The summed E-state index contributed by atoms with van der Waals surface area (Å²) in [5, 5.41) is 9.40. The first-order valence-electron chi connectivity index (χ1n) is 8.72. The molecular weight excluding hydrogens is 309 g/mol. The van der Waals surface area contributed by atoms with Crippen LogP contribution in [0.4, 0.5) is 4.39 Å². The number of hydrogen-bond donors (Lipinski definition) is 1. The summed E-state index contributed by atoms with van der Waals surface area (Å²) in [4.78, 5) is 25.8. The molecule has 2 aliphatic rings. The molecule has 0 radical (unpaired) electrons. The van der Waals surface area contributed by atoms with Crippen molar-refractivity contribution in [1.29, 1.82) is 0 Å². The number of carbonyl (C=O) groups excluding carboxylic acids is 1. The smallest absolute Gasteiger partial charge is 0.308 e. The van der Waals surface area contributed by atoms with Gasteiger partial charge in [-0.05, 0) is 49.1 Å². The Balaban J connectivity index is 1.57. The van der Waals surface area contributed by atoms with Crippen LogP contribution in [0.3, 0.4) is 0 Å². The van der Waals surface area contributed by atoms with Crippen molar-refractivity contribution in [1.82, 2.24) is 4.90 Å². The van der Waals surface area contributed by atoms with Crippen molar-refractivity contribution in [3.8, 4) is 0 Å². The zero-order valence-corrected chi connectivity index (χ0v) is 14.0. The van der Waals surface area contributed by atoms with E-state index < -0.39 is 11.9 Å². The fourth-order valence-electron chi connectivity index (χ4n) is 3.78. The number of amides is 1. The van der Waals surface area contributed by atoms with Gasteiger partial charge in [-0.3, -0.25) is 9.59 Å². The van der Waals surface area contributed by atoms with Gasteiger partial charge in [-0.1, -0.05) is 25.1 Å². The zero-order valence-electron chi connectivity index (χ0n) is 14.0. The summed E-state index contributed by atoms with van der Waals surface area (Å²) in [6.07, 6.45) is 3.25. The van der Waals surface area contributed by atoms with Gasteiger partial charge in [0.2, 0.25) is 5.91 Å². The molecule has 4 nitrogen and oxygen atoms in total. The van der Waals surface area contributed by atoms with E-state index >= 15 is 0 Å². The average molecular weight is 333 g/mol. The molecule has 2 fully saturated rings. The number of benzene rings is 1. The zero-order chi connectivity index (χ0) is 17.3.